The molecule has 0 bridgehead atoms. The number of benzene rings is 1. The molecule has 1 aromatic carbocycles. The highest BCUT2D eigenvalue weighted by Gasteiger charge is 2.32. The molecule has 1 aromatic rings. The molecule has 0 atom stereocenters. The van der Waals surface area contributed by atoms with Gasteiger partial charge in [0.15, 0.2) is 0 Å². The molecular weight excluding hydrogens is 264 g/mol. The number of carbonyl (C=O) groups excluding carboxylic acids is 2. The zero-order valence-corrected chi connectivity index (χ0v) is 11.5. The van der Waals surface area contributed by atoms with E-state index in [9.17, 15) is 9.59 Å². The van der Waals surface area contributed by atoms with Crippen LogP contribution >= 0.6 is 11.6 Å². The third-order valence-corrected chi connectivity index (χ3v) is 3.53. The Kier molecular flexibility index (Phi) is 3.90. The summed E-state index contributed by atoms with van der Waals surface area (Å²) >= 11 is 6.05. The molecule has 0 N–H and O–H groups in total. The number of aryl methyl sites for hydroxylation is 1. The van der Waals surface area contributed by atoms with Gasteiger partial charge < -0.3 is 9.80 Å². The predicted octanol–water partition coefficient (Wildman–Crippen LogP) is 2.01. The maximum Gasteiger partial charge on any atom is 0.316 e. The zero-order chi connectivity index (χ0) is 14.0. The maximum atomic E-state index is 12.1. The Labute approximate surface area is 117 Å². The number of piperazine rings is 1. The molecule has 0 saturated carbocycles. The standard InChI is InChI=1S/C14H15ClN2O2/c1-3-6-16-7-8-17(14(19)13(16)18)11-5-4-10(2)12(15)9-11/h3-5,9H,1,6-8H2,2H3. The van der Waals surface area contributed by atoms with Gasteiger partial charge in [-0.2, -0.15) is 0 Å². The van der Waals surface area contributed by atoms with Crippen LogP contribution in [-0.4, -0.2) is 36.3 Å². The fourth-order valence-corrected chi connectivity index (χ4v) is 2.18. The van der Waals surface area contributed by atoms with Crippen LogP contribution < -0.4 is 4.90 Å². The molecule has 2 rings (SSSR count). The predicted molar refractivity (Wildman–Crippen MR) is 75.3 cm³/mol. The average Bonchev–Trinajstić information content (AvgIpc) is 2.39. The first-order chi connectivity index (χ1) is 9.04. The Morgan fingerprint density at radius 1 is 1.32 bits per heavy atom. The lowest BCUT2D eigenvalue weighted by atomic mass is 10.2. The lowest BCUT2D eigenvalue weighted by Crippen LogP contribution is -2.54. The van der Waals surface area contributed by atoms with Crippen molar-refractivity contribution < 1.29 is 9.59 Å². The Bertz CT molecular complexity index is 542. The number of amides is 2. The van der Waals surface area contributed by atoms with Crippen molar-refractivity contribution in [3.05, 3.63) is 41.4 Å². The van der Waals surface area contributed by atoms with Gasteiger partial charge in [-0.25, -0.2) is 0 Å². The second-order valence-corrected chi connectivity index (χ2v) is 4.84. The number of carbonyl (C=O) groups is 2. The number of anilines is 1. The highest BCUT2D eigenvalue weighted by molar-refractivity contribution is 6.41. The minimum atomic E-state index is -0.520. The van der Waals surface area contributed by atoms with Gasteiger partial charge >= 0.3 is 11.8 Å². The topological polar surface area (TPSA) is 40.6 Å². The van der Waals surface area contributed by atoms with Crippen LogP contribution in [0.5, 0.6) is 0 Å². The van der Waals surface area contributed by atoms with Crippen molar-refractivity contribution in [3.8, 4) is 0 Å². The minimum absolute atomic E-state index is 0.396. The first kappa shape index (κ1) is 13.6. The Morgan fingerprint density at radius 2 is 2.05 bits per heavy atom. The third kappa shape index (κ3) is 2.63. The van der Waals surface area contributed by atoms with E-state index in [1.807, 2.05) is 13.0 Å². The van der Waals surface area contributed by atoms with E-state index in [2.05, 4.69) is 6.58 Å². The Balaban J connectivity index is 2.23. The van der Waals surface area contributed by atoms with Crippen molar-refractivity contribution >= 4 is 29.1 Å². The second kappa shape index (κ2) is 5.45. The third-order valence-electron chi connectivity index (χ3n) is 3.13. The minimum Gasteiger partial charge on any atom is -0.329 e. The lowest BCUT2D eigenvalue weighted by molar-refractivity contribution is -0.145. The number of hydrogen-bond donors (Lipinski definition) is 0. The summed E-state index contributed by atoms with van der Waals surface area (Å²) in [4.78, 5) is 26.9. The van der Waals surface area contributed by atoms with Gasteiger partial charge in [-0.3, -0.25) is 9.59 Å². The van der Waals surface area contributed by atoms with E-state index < -0.39 is 11.8 Å². The lowest BCUT2D eigenvalue weighted by Gasteiger charge is -2.33. The van der Waals surface area contributed by atoms with Crippen LogP contribution in [0, 0.1) is 6.92 Å². The molecule has 2 amide bonds. The molecule has 0 radical (unpaired) electrons. The SMILES string of the molecule is C=CCN1CCN(c2ccc(C)c(Cl)c2)C(=O)C1=O. The van der Waals surface area contributed by atoms with Crippen molar-refractivity contribution in [1.82, 2.24) is 4.90 Å². The van der Waals surface area contributed by atoms with Crippen molar-refractivity contribution in [3.63, 3.8) is 0 Å². The van der Waals surface area contributed by atoms with Gasteiger partial charge in [-0.05, 0) is 24.6 Å². The molecule has 1 fully saturated rings. The quantitative estimate of drug-likeness (QED) is 0.627. The smallest absolute Gasteiger partial charge is 0.316 e. The van der Waals surface area contributed by atoms with Gasteiger partial charge in [-0.1, -0.05) is 23.7 Å². The normalized spacial score (nSPS) is 15.9. The van der Waals surface area contributed by atoms with Gasteiger partial charge in [0, 0.05) is 30.3 Å². The molecule has 0 unspecified atom stereocenters. The van der Waals surface area contributed by atoms with E-state index in [-0.39, 0.29) is 0 Å². The molecule has 0 spiro atoms. The van der Waals surface area contributed by atoms with Crippen molar-refractivity contribution in [2.75, 3.05) is 24.5 Å². The summed E-state index contributed by atoms with van der Waals surface area (Å²) in [6.45, 7) is 6.83. The second-order valence-electron chi connectivity index (χ2n) is 4.43. The number of halogens is 1. The molecule has 0 aliphatic carbocycles. The summed E-state index contributed by atoms with van der Waals surface area (Å²) in [7, 11) is 0. The molecular formula is C14H15ClN2O2. The monoisotopic (exact) mass is 278 g/mol. The summed E-state index contributed by atoms with van der Waals surface area (Å²) in [5.41, 5.74) is 1.60. The fourth-order valence-electron chi connectivity index (χ4n) is 2.00. The van der Waals surface area contributed by atoms with Crippen LogP contribution in [0.25, 0.3) is 0 Å². The molecule has 1 saturated heterocycles. The van der Waals surface area contributed by atoms with E-state index in [1.165, 1.54) is 9.80 Å². The molecule has 1 aliphatic heterocycles. The molecule has 4 nitrogen and oxygen atoms in total. The first-order valence-corrected chi connectivity index (χ1v) is 6.40. The average molecular weight is 279 g/mol. The van der Waals surface area contributed by atoms with Crippen molar-refractivity contribution in [2.45, 2.75) is 6.92 Å². The Hall–Kier alpha value is -1.81. The zero-order valence-electron chi connectivity index (χ0n) is 10.7. The summed E-state index contributed by atoms with van der Waals surface area (Å²) in [6, 6.07) is 5.35. The first-order valence-electron chi connectivity index (χ1n) is 6.02. The summed E-state index contributed by atoms with van der Waals surface area (Å²) in [6.07, 6.45) is 1.61. The van der Waals surface area contributed by atoms with Crippen LogP contribution in [0.4, 0.5) is 5.69 Å². The van der Waals surface area contributed by atoms with Crippen molar-refractivity contribution in [2.24, 2.45) is 0 Å². The molecule has 19 heavy (non-hydrogen) atoms. The van der Waals surface area contributed by atoms with E-state index in [1.54, 1.807) is 18.2 Å². The van der Waals surface area contributed by atoms with E-state index in [4.69, 9.17) is 11.6 Å². The molecule has 0 aromatic heterocycles. The van der Waals surface area contributed by atoms with Crippen LogP contribution in [0.15, 0.2) is 30.9 Å². The fraction of sp³-hybridized carbons (Fsp3) is 0.286. The highest BCUT2D eigenvalue weighted by Crippen LogP contribution is 2.24. The molecule has 5 heteroatoms. The number of hydrogen-bond acceptors (Lipinski definition) is 2. The van der Waals surface area contributed by atoms with Gasteiger partial charge in [-0.15, -0.1) is 6.58 Å². The summed E-state index contributed by atoms with van der Waals surface area (Å²) in [5.74, 6) is -1.02. The van der Waals surface area contributed by atoms with Gasteiger partial charge in [0.25, 0.3) is 0 Å². The van der Waals surface area contributed by atoms with Crippen LogP contribution in [-0.2, 0) is 9.59 Å². The summed E-state index contributed by atoms with van der Waals surface area (Å²) < 4.78 is 0. The highest BCUT2D eigenvalue weighted by atomic mass is 35.5. The van der Waals surface area contributed by atoms with Crippen molar-refractivity contribution in [1.29, 1.82) is 0 Å². The largest absolute Gasteiger partial charge is 0.329 e. The summed E-state index contributed by atoms with van der Waals surface area (Å²) in [5, 5.41) is 0.589. The molecule has 1 aliphatic rings. The number of rotatable bonds is 3. The van der Waals surface area contributed by atoms with Gasteiger partial charge in [0.05, 0.1) is 0 Å². The Morgan fingerprint density at radius 3 is 2.68 bits per heavy atom. The van der Waals surface area contributed by atoms with Crippen LogP contribution in [0.1, 0.15) is 5.56 Å². The maximum absolute atomic E-state index is 12.1. The van der Waals surface area contributed by atoms with Gasteiger partial charge in [0.2, 0.25) is 0 Å². The number of nitrogens with zero attached hydrogens (tertiary/aromatic N) is 2. The van der Waals surface area contributed by atoms with Crippen LogP contribution in [0.3, 0.4) is 0 Å². The van der Waals surface area contributed by atoms with E-state index in [0.29, 0.717) is 30.3 Å². The van der Waals surface area contributed by atoms with Crippen LogP contribution in [0.2, 0.25) is 5.02 Å². The molecule has 1 heterocycles. The van der Waals surface area contributed by atoms with Gasteiger partial charge in [0.1, 0.15) is 0 Å². The molecule has 100 valence electrons. The van der Waals surface area contributed by atoms with E-state index in [0.717, 1.165) is 5.56 Å². The van der Waals surface area contributed by atoms with E-state index >= 15 is 0 Å².